The quantitative estimate of drug-likeness (QED) is 0.821. The van der Waals surface area contributed by atoms with Gasteiger partial charge in [0.05, 0.1) is 0 Å². The number of hydrogen-bond donors (Lipinski definition) is 2. The third kappa shape index (κ3) is 3.51. The Kier molecular flexibility index (Phi) is 4.54. The first-order valence-electron chi connectivity index (χ1n) is 9.19. The number of ether oxygens (including phenoxy) is 1. The Morgan fingerprint density at radius 2 is 1.89 bits per heavy atom. The fraction of sp³-hybridized carbons (Fsp3) is 0.273. The highest BCUT2D eigenvalue weighted by atomic mass is 16.5. The summed E-state index contributed by atoms with van der Waals surface area (Å²) < 4.78 is 6.43. The van der Waals surface area contributed by atoms with Crippen LogP contribution in [0, 0.1) is 0 Å². The number of nitrogens with one attached hydrogen (secondary N) is 2. The van der Waals surface area contributed by atoms with E-state index in [0.717, 1.165) is 60.4 Å². The monoisotopic (exact) mass is 362 g/mol. The Morgan fingerprint density at radius 1 is 1.15 bits per heavy atom. The third-order valence-electron chi connectivity index (χ3n) is 5.12. The maximum Gasteiger partial charge on any atom is 0.221 e. The second-order valence-corrected chi connectivity index (χ2v) is 7.11. The molecule has 2 N–H and O–H groups in total. The number of aldehydes is 1. The van der Waals surface area contributed by atoms with Crippen molar-refractivity contribution in [2.24, 2.45) is 0 Å². The van der Waals surface area contributed by atoms with E-state index < -0.39 is 0 Å². The zero-order valence-electron chi connectivity index (χ0n) is 15.2. The van der Waals surface area contributed by atoms with Gasteiger partial charge in [0.25, 0.3) is 0 Å². The Hall–Kier alpha value is -2.92. The summed E-state index contributed by atoms with van der Waals surface area (Å²) in [5, 5.41) is 6.22. The van der Waals surface area contributed by atoms with E-state index in [-0.39, 0.29) is 11.5 Å². The normalized spacial score (nSPS) is 17.4. The molecule has 0 saturated carbocycles. The number of hydrogen-bond acceptors (Lipinski definition) is 4. The highest BCUT2D eigenvalue weighted by Gasteiger charge is 2.37. The maximum atomic E-state index is 11.4. The van der Waals surface area contributed by atoms with Crippen molar-refractivity contribution in [1.29, 1.82) is 0 Å². The zero-order chi connectivity index (χ0) is 18.9. The molecule has 1 spiro atoms. The van der Waals surface area contributed by atoms with E-state index in [1.807, 2.05) is 42.5 Å². The molecule has 0 atom stereocenters. The van der Waals surface area contributed by atoms with Gasteiger partial charge < -0.3 is 15.4 Å². The summed E-state index contributed by atoms with van der Waals surface area (Å²) in [4.78, 5) is 22.4. The Morgan fingerprint density at radius 3 is 2.56 bits per heavy atom. The first-order valence-corrected chi connectivity index (χ1v) is 9.19. The molecule has 1 saturated heterocycles. The van der Waals surface area contributed by atoms with Crippen LogP contribution in [0.2, 0.25) is 0 Å². The minimum atomic E-state index is -0.327. The average Bonchev–Trinajstić information content (AvgIpc) is 2.68. The molecule has 2 heterocycles. The zero-order valence-corrected chi connectivity index (χ0v) is 15.2. The van der Waals surface area contributed by atoms with E-state index in [0.29, 0.717) is 5.56 Å². The predicted octanol–water partition coefficient (Wildman–Crippen LogP) is 3.40. The summed E-state index contributed by atoms with van der Waals surface area (Å²) in [5.74, 6) is 0.713. The van der Waals surface area contributed by atoms with Crippen LogP contribution in [-0.2, 0) is 4.79 Å². The van der Waals surface area contributed by atoms with Crippen LogP contribution in [0.5, 0.6) is 5.75 Å². The molecule has 1 fully saturated rings. The molecule has 0 aliphatic carbocycles. The number of carbonyl (C=O) groups excluding carboxylic acids is 2. The second kappa shape index (κ2) is 7.00. The number of piperidine rings is 1. The lowest BCUT2D eigenvalue weighted by Crippen LogP contribution is -2.46. The molecular weight excluding hydrogens is 340 g/mol. The fourth-order valence-electron chi connectivity index (χ4n) is 3.78. The summed E-state index contributed by atoms with van der Waals surface area (Å²) in [6.45, 7) is 3.31. The molecule has 138 valence electrons. The number of fused-ring (bicyclic) bond motifs is 1. The van der Waals surface area contributed by atoms with Crippen molar-refractivity contribution in [3.63, 3.8) is 0 Å². The lowest BCUT2D eigenvalue weighted by atomic mass is 9.83. The number of benzene rings is 2. The summed E-state index contributed by atoms with van der Waals surface area (Å²) in [6, 6.07) is 13.3. The van der Waals surface area contributed by atoms with Crippen molar-refractivity contribution < 1.29 is 14.3 Å². The van der Waals surface area contributed by atoms with Gasteiger partial charge in [-0.1, -0.05) is 24.3 Å². The molecule has 0 unspecified atom stereocenters. The van der Waals surface area contributed by atoms with Gasteiger partial charge in [-0.15, -0.1) is 0 Å². The Labute approximate surface area is 158 Å². The van der Waals surface area contributed by atoms with Crippen molar-refractivity contribution >= 4 is 23.5 Å². The minimum Gasteiger partial charge on any atom is -0.482 e. The van der Waals surface area contributed by atoms with E-state index in [1.165, 1.54) is 6.92 Å². The number of amides is 1. The highest BCUT2D eigenvalue weighted by molar-refractivity contribution is 5.92. The van der Waals surface area contributed by atoms with Crippen molar-refractivity contribution in [3.05, 3.63) is 65.2 Å². The fourth-order valence-corrected chi connectivity index (χ4v) is 3.78. The lowest BCUT2D eigenvalue weighted by molar-refractivity contribution is -0.114. The molecular formula is C22H22N2O3. The van der Waals surface area contributed by atoms with E-state index >= 15 is 0 Å². The van der Waals surface area contributed by atoms with Crippen LogP contribution < -0.4 is 15.4 Å². The van der Waals surface area contributed by atoms with Gasteiger partial charge in [0.15, 0.2) is 0 Å². The summed E-state index contributed by atoms with van der Waals surface area (Å²) in [6.07, 6.45) is 4.86. The summed E-state index contributed by atoms with van der Waals surface area (Å²) in [7, 11) is 0. The first kappa shape index (κ1) is 17.5. The van der Waals surface area contributed by atoms with Gasteiger partial charge in [-0.25, -0.2) is 0 Å². The standard InChI is InChI=1S/C22H22N2O3/c1-15(26)24-18-6-7-21-19(12-18)20(17-4-2-16(14-25)3-5-17)13-22(27-21)8-10-23-11-9-22/h2-7,12-14,23H,8-11H2,1H3,(H,24,26). The van der Waals surface area contributed by atoms with Gasteiger partial charge in [0, 0.05) is 36.6 Å². The van der Waals surface area contributed by atoms with E-state index in [9.17, 15) is 9.59 Å². The third-order valence-corrected chi connectivity index (χ3v) is 5.12. The van der Waals surface area contributed by atoms with E-state index in [4.69, 9.17) is 4.74 Å². The van der Waals surface area contributed by atoms with Gasteiger partial charge in [-0.3, -0.25) is 9.59 Å². The van der Waals surface area contributed by atoms with Gasteiger partial charge in [0.2, 0.25) is 5.91 Å². The molecule has 0 aromatic heterocycles. The minimum absolute atomic E-state index is 0.109. The molecule has 2 aliphatic heterocycles. The number of rotatable bonds is 3. The van der Waals surface area contributed by atoms with Crippen molar-refractivity contribution in [2.45, 2.75) is 25.4 Å². The van der Waals surface area contributed by atoms with Crippen molar-refractivity contribution in [2.75, 3.05) is 18.4 Å². The topological polar surface area (TPSA) is 67.4 Å². The molecule has 2 aromatic carbocycles. The molecule has 0 radical (unpaired) electrons. The van der Waals surface area contributed by atoms with Crippen LogP contribution in [0.15, 0.2) is 48.5 Å². The van der Waals surface area contributed by atoms with Crippen LogP contribution in [0.25, 0.3) is 5.57 Å². The maximum absolute atomic E-state index is 11.4. The van der Waals surface area contributed by atoms with Crippen LogP contribution >= 0.6 is 0 Å². The predicted molar refractivity (Wildman–Crippen MR) is 105 cm³/mol. The smallest absolute Gasteiger partial charge is 0.221 e. The Balaban J connectivity index is 1.82. The molecule has 27 heavy (non-hydrogen) atoms. The number of anilines is 1. The van der Waals surface area contributed by atoms with Gasteiger partial charge in [0.1, 0.15) is 17.6 Å². The van der Waals surface area contributed by atoms with Gasteiger partial charge in [-0.05, 0) is 48.5 Å². The van der Waals surface area contributed by atoms with Crippen LogP contribution in [0.3, 0.4) is 0 Å². The van der Waals surface area contributed by atoms with E-state index in [1.54, 1.807) is 0 Å². The van der Waals surface area contributed by atoms with Gasteiger partial charge in [-0.2, -0.15) is 0 Å². The molecule has 5 heteroatoms. The van der Waals surface area contributed by atoms with Crippen LogP contribution in [-0.4, -0.2) is 30.9 Å². The summed E-state index contributed by atoms with van der Waals surface area (Å²) in [5.41, 5.74) is 4.11. The molecule has 1 amide bonds. The lowest BCUT2D eigenvalue weighted by Gasteiger charge is -2.40. The van der Waals surface area contributed by atoms with Crippen molar-refractivity contribution in [1.82, 2.24) is 5.32 Å². The molecule has 2 aromatic rings. The molecule has 5 nitrogen and oxygen atoms in total. The van der Waals surface area contributed by atoms with Crippen LogP contribution in [0.4, 0.5) is 5.69 Å². The number of carbonyl (C=O) groups is 2. The van der Waals surface area contributed by atoms with E-state index in [2.05, 4.69) is 16.7 Å². The molecule has 2 aliphatic rings. The first-order chi connectivity index (χ1) is 13.1. The Bertz CT molecular complexity index is 910. The molecule has 4 rings (SSSR count). The average molecular weight is 362 g/mol. The molecule has 0 bridgehead atoms. The summed E-state index contributed by atoms with van der Waals surface area (Å²) >= 11 is 0. The largest absolute Gasteiger partial charge is 0.482 e. The second-order valence-electron chi connectivity index (χ2n) is 7.11. The SMILES string of the molecule is CC(=O)Nc1ccc2c(c1)C(c1ccc(C=O)cc1)=CC1(CCNCC1)O2. The van der Waals surface area contributed by atoms with Gasteiger partial charge >= 0.3 is 0 Å². The highest BCUT2D eigenvalue weighted by Crippen LogP contribution is 2.43. The van der Waals surface area contributed by atoms with Crippen molar-refractivity contribution in [3.8, 4) is 5.75 Å². The van der Waals surface area contributed by atoms with Crippen LogP contribution in [0.1, 0.15) is 41.3 Å².